The molecule has 0 fully saturated rings. The summed E-state index contributed by atoms with van der Waals surface area (Å²) in [6.45, 7) is 3.02. The van der Waals surface area contributed by atoms with E-state index in [-0.39, 0.29) is 16.6 Å². The van der Waals surface area contributed by atoms with Crippen molar-refractivity contribution in [2.75, 3.05) is 5.32 Å². The number of carbonyl (C=O) groups excluding carboxylic acids is 1. The smallest absolute Gasteiger partial charge is 0.339 e. The summed E-state index contributed by atoms with van der Waals surface area (Å²) in [7, 11) is -4.01. The number of anilines is 1. The fourth-order valence-corrected chi connectivity index (χ4v) is 3.56. The highest BCUT2D eigenvalue weighted by molar-refractivity contribution is 9.10. The molecule has 2 aromatic carbocycles. The van der Waals surface area contributed by atoms with Crippen LogP contribution in [-0.2, 0) is 14.9 Å². The maximum atomic E-state index is 12.5. The van der Waals surface area contributed by atoms with Gasteiger partial charge in [-0.05, 0) is 36.8 Å². The lowest BCUT2D eigenvalue weighted by Crippen LogP contribution is -2.14. The molecule has 0 heterocycles. The summed E-state index contributed by atoms with van der Waals surface area (Å²) in [5, 5.41) is 2.54. The van der Waals surface area contributed by atoms with Gasteiger partial charge in [0.2, 0.25) is 5.91 Å². The van der Waals surface area contributed by atoms with Crippen molar-refractivity contribution >= 4 is 37.6 Å². The van der Waals surface area contributed by atoms with E-state index >= 15 is 0 Å². The Bertz CT molecular complexity index is 818. The van der Waals surface area contributed by atoms with E-state index in [1.807, 2.05) is 0 Å². The Kier molecular flexibility index (Phi) is 4.87. The van der Waals surface area contributed by atoms with Gasteiger partial charge in [-0.3, -0.25) is 4.79 Å². The van der Waals surface area contributed by atoms with E-state index < -0.39 is 10.1 Å². The van der Waals surface area contributed by atoms with Gasteiger partial charge in [0.1, 0.15) is 4.90 Å². The van der Waals surface area contributed by atoms with Crippen LogP contribution in [0.2, 0.25) is 0 Å². The molecule has 0 aliphatic carbocycles. The van der Waals surface area contributed by atoms with Crippen molar-refractivity contribution in [3.05, 3.63) is 52.5 Å². The Labute approximate surface area is 137 Å². The Morgan fingerprint density at radius 1 is 1.18 bits per heavy atom. The van der Waals surface area contributed by atoms with Gasteiger partial charge >= 0.3 is 10.1 Å². The molecule has 0 spiro atoms. The molecule has 0 aliphatic rings. The fraction of sp³-hybridized carbons (Fsp3) is 0.133. The number of aryl methyl sites for hydroxylation is 1. The molecule has 2 aromatic rings. The maximum absolute atomic E-state index is 12.5. The minimum Gasteiger partial charge on any atom is -0.377 e. The second-order valence-corrected chi connectivity index (χ2v) is 7.06. The van der Waals surface area contributed by atoms with Crippen molar-refractivity contribution in [2.45, 2.75) is 18.7 Å². The highest BCUT2D eigenvalue weighted by atomic mass is 79.9. The summed E-state index contributed by atoms with van der Waals surface area (Å²) >= 11 is 3.24. The molecule has 0 radical (unpaired) electrons. The number of hydrogen-bond acceptors (Lipinski definition) is 4. The zero-order valence-corrected chi connectivity index (χ0v) is 14.4. The van der Waals surface area contributed by atoms with Crippen LogP contribution in [-0.4, -0.2) is 14.3 Å². The number of hydrogen-bond donors (Lipinski definition) is 1. The van der Waals surface area contributed by atoms with Crippen molar-refractivity contribution in [3.63, 3.8) is 0 Å². The minimum absolute atomic E-state index is 0.0667. The maximum Gasteiger partial charge on any atom is 0.339 e. The number of rotatable bonds is 4. The van der Waals surface area contributed by atoms with Crippen molar-refractivity contribution in [2.24, 2.45) is 0 Å². The van der Waals surface area contributed by atoms with Gasteiger partial charge < -0.3 is 9.50 Å². The van der Waals surface area contributed by atoms with Gasteiger partial charge in [-0.25, -0.2) is 0 Å². The molecule has 0 bridgehead atoms. The van der Waals surface area contributed by atoms with Gasteiger partial charge in [-0.1, -0.05) is 34.1 Å². The van der Waals surface area contributed by atoms with E-state index in [2.05, 4.69) is 21.2 Å². The molecule has 2 rings (SSSR count). The molecule has 0 atom stereocenters. The number of halogens is 1. The average molecular weight is 384 g/mol. The van der Waals surface area contributed by atoms with Crippen LogP contribution in [0.3, 0.4) is 0 Å². The number of para-hydroxylation sites is 2. The van der Waals surface area contributed by atoms with Crippen LogP contribution in [0.5, 0.6) is 5.75 Å². The Hall–Kier alpha value is -1.86. The lowest BCUT2D eigenvalue weighted by molar-refractivity contribution is -0.114. The molecular formula is C15H14BrNO4S. The third-order valence-corrected chi connectivity index (χ3v) is 4.69. The standard InChI is InChI=1S/C15H14BrNO4S/c1-10-7-8-12(16)9-15(10)22(19,20)21-14-6-4-3-5-13(14)17-11(2)18/h3-9H,1-2H3,(H,17,18). The molecule has 1 N–H and O–H groups in total. The fourth-order valence-electron chi connectivity index (χ4n) is 1.84. The minimum atomic E-state index is -4.01. The second kappa shape index (κ2) is 6.50. The Morgan fingerprint density at radius 2 is 1.86 bits per heavy atom. The largest absolute Gasteiger partial charge is 0.377 e. The number of carbonyl (C=O) groups is 1. The first-order chi connectivity index (χ1) is 10.3. The SMILES string of the molecule is CC(=O)Nc1ccccc1OS(=O)(=O)c1cc(Br)ccc1C. The normalized spacial score (nSPS) is 11.0. The van der Waals surface area contributed by atoms with Crippen molar-refractivity contribution < 1.29 is 17.4 Å². The quantitative estimate of drug-likeness (QED) is 0.820. The molecular weight excluding hydrogens is 370 g/mol. The Balaban J connectivity index is 2.41. The van der Waals surface area contributed by atoms with Gasteiger partial charge in [-0.15, -0.1) is 0 Å². The first kappa shape index (κ1) is 16.5. The van der Waals surface area contributed by atoms with Gasteiger partial charge in [0, 0.05) is 11.4 Å². The highest BCUT2D eigenvalue weighted by Crippen LogP contribution is 2.29. The number of nitrogens with one attached hydrogen (secondary N) is 1. The molecule has 0 saturated carbocycles. The van der Waals surface area contributed by atoms with Crippen LogP contribution in [0, 0.1) is 6.92 Å². The molecule has 7 heteroatoms. The highest BCUT2D eigenvalue weighted by Gasteiger charge is 2.21. The number of benzene rings is 2. The third kappa shape index (κ3) is 3.86. The second-order valence-electron chi connectivity index (χ2n) is 4.62. The predicted octanol–water partition coefficient (Wildman–Crippen LogP) is 3.48. The van der Waals surface area contributed by atoms with Crippen LogP contribution < -0.4 is 9.50 Å². The van der Waals surface area contributed by atoms with Crippen LogP contribution in [0.25, 0.3) is 0 Å². The van der Waals surface area contributed by atoms with Gasteiger partial charge in [0.05, 0.1) is 5.69 Å². The molecule has 1 amide bonds. The lowest BCUT2D eigenvalue weighted by atomic mass is 10.2. The summed E-state index contributed by atoms with van der Waals surface area (Å²) < 4.78 is 30.7. The van der Waals surface area contributed by atoms with Crippen molar-refractivity contribution in [1.82, 2.24) is 0 Å². The molecule has 0 aliphatic heterocycles. The zero-order valence-electron chi connectivity index (χ0n) is 12.0. The Morgan fingerprint density at radius 3 is 2.55 bits per heavy atom. The molecule has 5 nitrogen and oxygen atoms in total. The summed E-state index contributed by atoms with van der Waals surface area (Å²) in [6.07, 6.45) is 0. The summed E-state index contributed by atoms with van der Waals surface area (Å²) in [6, 6.07) is 11.3. The predicted molar refractivity (Wildman–Crippen MR) is 87.4 cm³/mol. The summed E-state index contributed by atoms with van der Waals surface area (Å²) in [4.78, 5) is 11.2. The third-order valence-electron chi connectivity index (χ3n) is 2.82. The molecule has 0 aromatic heterocycles. The first-order valence-electron chi connectivity index (χ1n) is 6.37. The van der Waals surface area contributed by atoms with E-state index in [0.29, 0.717) is 15.7 Å². The van der Waals surface area contributed by atoms with Crippen LogP contribution in [0.1, 0.15) is 12.5 Å². The van der Waals surface area contributed by atoms with Crippen molar-refractivity contribution in [1.29, 1.82) is 0 Å². The molecule has 0 saturated heterocycles. The van der Waals surface area contributed by atoms with Gasteiger partial charge in [-0.2, -0.15) is 8.42 Å². The van der Waals surface area contributed by atoms with E-state index in [1.165, 1.54) is 19.1 Å². The molecule has 22 heavy (non-hydrogen) atoms. The van der Waals surface area contributed by atoms with Gasteiger partial charge in [0.15, 0.2) is 5.75 Å². The van der Waals surface area contributed by atoms with E-state index in [4.69, 9.17) is 4.18 Å². The lowest BCUT2D eigenvalue weighted by Gasteiger charge is -2.13. The average Bonchev–Trinajstić information content (AvgIpc) is 2.43. The van der Waals surface area contributed by atoms with E-state index in [9.17, 15) is 13.2 Å². The van der Waals surface area contributed by atoms with Crippen LogP contribution in [0.4, 0.5) is 5.69 Å². The summed E-state index contributed by atoms with van der Waals surface area (Å²) in [5.74, 6) is -0.246. The van der Waals surface area contributed by atoms with E-state index in [1.54, 1.807) is 37.3 Å². The molecule has 0 unspecified atom stereocenters. The first-order valence-corrected chi connectivity index (χ1v) is 8.57. The molecule has 116 valence electrons. The zero-order chi connectivity index (χ0) is 16.3. The van der Waals surface area contributed by atoms with Gasteiger partial charge in [0.25, 0.3) is 0 Å². The monoisotopic (exact) mass is 383 g/mol. The van der Waals surface area contributed by atoms with Crippen molar-refractivity contribution in [3.8, 4) is 5.75 Å². The topological polar surface area (TPSA) is 72.5 Å². The van der Waals surface area contributed by atoms with Crippen LogP contribution in [0.15, 0.2) is 51.8 Å². The summed E-state index contributed by atoms with van der Waals surface area (Å²) in [5.41, 5.74) is 0.867. The number of amides is 1. The van der Waals surface area contributed by atoms with E-state index in [0.717, 1.165) is 0 Å². The van der Waals surface area contributed by atoms with Crippen LogP contribution >= 0.6 is 15.9 Å².